The first-order chi connectivity index (χ1) is 18.8. The van der Waals surface area contributed by atoms with E-state index in [9.17, 15) is 14.4 Å². The van der Waals surface area contributed by atoms with E-state index in [1.165, 1.54) is 13.3 Å². The SMILES string of the molecule is C=CCOc1ccc(NC(=O)C(=O)N/N=C\c2ccc(OCC(=O)Nc3cccc(Cl)c3Cl)c(OC)c2)cc1. The number of carbonyl (C=O) groups is 3. The van der Waals surface area contributed by atoms with Crippen LogP contribution in [0.15, 0.2) is 78.4 Å². The molecule has 0 bridgehead atoms. The number of hydrogen-bond donors (Lipinski definition) is 3. The average Bonchev–Trinajstić information content (AvgIpc) is 2.94. The number of rotatable bonds is 11. The molecule has 0 fully saturated rings. The second-order valence-electron chi connectivity index (χ2n) is 7.63. The van der Waals surface area contributed by atoms with Crippen molar-refractivity contribution in [2.24, 2.45) is 5.10 Å². The minimum atomic E-state index is -0.962. The van der Waals surface area contributed by atoms with Gasteiger partial charge in [0.1, 0.15) is 12.4 Å². The molecule has 12 heteroatoms. The maximum absolute atomic E-state index is 12.3. The first kappa shape index (κ1) is 29.0. The van der Waals surface area contributed by atoms with Crippen LogP contribution < -0.4 is 30.3 Å². The summed E-state index contributed by atoms with van der Waals surface area (Å²) in [4.78, 5) is 36.4. The molecule has 3 N–H and O–H groups in total. The summed E-state index contributed by atoms with van der Waals surface area (Å²) in [7, 11) is 1.43. The summed E-state index contributed by atoms with van der Waals surface area (Å²) < 4.78 is 16.2. The van der Waals surface area contributed by atoms with Gasteiger partial charge in [-0.05, 0) is 60.2 Å². The molecule has 3 aromatic rings. The Kier molecular flexibility index (Phi) is 10.7. The molecule has 0 aliphatic heterocycles. The number of nitrogens with one attached hydrogen (secondary N) is 3. The summed E-state index contributed by atoms with van der Waals surface area (Å²) in [6.07, 6.45) is 2.93. The highest BCUT2D eigenvalue weighted by Crippen LogP contribution is 2.30. The van der Waals surface area contributed by atoms with Crippen LogP contribution in [-0.4, -0.2) is 44.3 Å². The molecule has 10 nitrogen and oxygen atoms in total. The van der Waals surface area contributed by atoms with E-state index >= 15 is 0 Å². The number of anilines is 2. The summed E-state index contributed by atoms with van der Waals surface area (Å²) in [6.45, 7) is 3.60. The zero-order chi connectivity index (χ0) is 28.2. The highest BCUT2D eigenvalue weighted by Gasteiger charge is 2.14. The van der Waals surface area contributed by atoms with Crippen LogP contribution in [0.4, 0.5) is 11.4 Å². The van der Waals surface area contributed by atoms with Gasteiger partial charge in [0, 0.05) is 5.69 Å². The van der Waals surface area contributed by atoms with Crippen molar-refractivity contribution in [1.29, 1.82) is 0 Å². The maximum atomic E-state index is 12.3. The smallest absolute Gasteiger partial charge is 0.329 e. The Hall–Kier alpha value is -4.54. The molecule has 3 aromatic carbocycles. The van der Waals surface area contributed by atoms with Crippen molar-refractivity contribution in [1.82, 2.24) is 5.43 Å². The third kappa shape index (κ3) is 8.77. The third-order valence-corrected chi connectivity index (χ3v) is 5.66. The summed E-state index contributed by atoms with van der Waals surface area (Å²) in [5, 5.41) is 9.41. The van der Waals surface area contributed by atoms with Crippen molar-refractivity contribution < 1.29 is 28.6 Å². The topological polar surface area (TPSA) is 127 Å². The van der Waals surface area contributed by atoms with E-state index in [4.69, 9.17) is 37.4 Å². The Morgan fingerprint density at radius 1 is 0.949 bits per heavy atom. The van der Waals surface area contributed by atoms with E-state index in [2.05, 4.69) is 27.7 Å². The molecule has 0 aliphatic carbocycles. The quantitative estimate of drug-likeness (QED) is 0.133. The van der Waals surface area contributed by atoms with Crippen LogP contribution in [0.2, 0.25) is 10.0 Å². The fourth-order valence-corrected chi connectivity index (χ4v) is 3.36. The Bertz CT molecular complexity index is 1380. The largest absolute Gasteiger partial charge is 0.493 e. The second kappa shape index (κ2) is 14.4. The number of benzene rings is 3. The zero-order valence-corrected chi connectivity index (χ0v) is 22.2. The van der Waals surface area contributed by atoms with Crippen LogP contribution in [-0.2, 0) is 14.4 Å². The number of methoxy groups -OCH3 is 1. The number of hydrogen-bond acceptors (Lipinski definition) is 7. The van der Waals surface area contributed by atoms with Crippen LogP contribution in [0.5, 0.6) is 17.2 Å². The lowest BCUT2D eigenvalue weighted by molar-refractivity contribution is -0.136. The van der Waals surface area contributed by atoms with E-state index in [1.807, 2.05) is 0 Å². The molecule has 0 aliphatic rings. The first-order valence-electron chi connectivity index (χ1n) is 11.3. The Labute approximate surface area is 234 Å². The molecule has 0 saturated heterocycles. The van der Waals surface area contributed by atoms with E-state index in [0.717, 1.165) is 0 Å². The monoisotopic (exact) mass is 570 g/mol. The predicted molar refractivity (Wildman–Crippen MR) is 150 cm³/mol. The van der Waals surface area contributed by atoms with Gasteiger partial charge < -0.3 is 24.8 Å². The Balaban J connectivity index is 1.51. The van der Waals surface area contributed by atoms with Gasteiger partial charge in [-0.25, -0.2) is 5.43 Å². The van der Waals surface area contributed by atoms with Crippen molar-refractivity contribution in [3.05, 3.63) is 88.9 Å². The molecule has 3 amide bonds. The van der Waals surface area contributed by atoms with Gasteiger partial charge in [0.2, 0.25) is 0 Å². The fourth-order valence-electron chi connectivity index (χ4n) is 3.01. The van der Waals surface area contributed by atoms with Gasteiger partial charge in [0.15, 0.2) is 18.1 Å². The van der Waals surface area contributed by atoms with Crippen LogP contribution in [0.1, 0.15) is 5.56 Å². The molecule has 0 atom stereocenters. The van der Waals surface area contributed by atoms with Gasteiger partial charge in [-0.2, -0.15) is 5.10 Å². The van der Waals surface area contributed by atoms with Gasteiger partial charge in [0.25, 0.3) is 5.91 Å². The van der Waals surface area contributed by atoms with Crippen LogP contribution in [0, 0.1) is 0 Å². The predicted octanol–water partition coefficient (Wildman–Crippen LogP) is 4.67. The van der Waals surface area contributed by atoms with Crippen molar-refractivity contribution in [2.75, 3.05) is 31.0 Å². The summed E-state index contributed by atoms with van der Waals surface area (Å²) in [5.74, 6) is -1.10. The molecule has 0 heterocycles. The first-order valence-corrected chi connectivity index (χ1v) is 12.1. The van der Waals surface area contributed by atoms with Crippen molar-refractivity contribution in [3.8, 4) is 17.2 Å². The lowest BCUT2D eigenvalue weighted by atomic mass is 10.2. The molecule has 0 saturated carbocycles. The second-order valence-corrected chi connectivity index (χ2v) is 8.41. The van der Waals surface area contributed by atoms with Gasteiger partial charge in [0.05, 0.1) is 29.1 Å². The standard InChI is InChI=1S/C27H24Cl2N4O6/c1-3-13-38-19-10-8-18(9-11-19)31-26(35)27(36)33-30-15-17-7-12-22(23(14-17)37-2)39-16-24(34)32-21-6-4-5-20(28)25(21)29/h3-12,14-15H,1,13,16H2,2H3,(H,31,35)(H,32,34)(H,33,36)/b30-15-. The molecular formula is C27H24Cl2N4O6. The van der Waals surface area contributed by atoms with Crippen molar-refractivity contribution in [2.45, 2.75) is 0 Å². The fraction of sp³-hybridized carbons (Fsp3) is 0.111. The highest BCUT2D eigenvalue weighted by atomic mass is 35.5. The lowest BCUT2D eigenvalue weighted by Gasteiger charge is -2.12. The Morgan fingerprint density at radius 2 is 1.72 bits per heavy atom. The minimum absolute atomic E-state index is 0.224. The molecule has 3 rings (SSSR count). The maximum Gasteiger partial charge on any atom is 0.329 e. The van der Waals surface area contributed by atoms with Gasteiger partial charge in [-0.3, -0.25) is 14.4 Å². The molecule has 0 aromatic heterocycles. The van der Waals surface area contributed by atoms with E-state index in [0.29, 0.717) is 45.8 Å². The molecule has 0 radical (unpaired) electrons. The molecule has 0 unspecified atom stereocenters. The molecule has 0 spiro atoms. The number of halogens is 2. The highest BCUT2D eigenvalue weighted by molar-refractivity contribution is 6.44. The molecular weight excluding hydrogens is 547 g/mol. The van der Waals surface area contributed by atoms with Gasteiger partial charge >= 0.3 is 11.8 Å². The molecule has 202 valence electrons. The zero-order valence-electron chi connectivity index (χ0n) is 20.7. The van der Waals surface area contributed by atoms with E-state index < -0.39 is 17.7 Å². The Morgan fingerprint density at radius 3 is 2.44 bits per heavy atom. The van der Waals surface area contributed by atoms with Crippen LogP contribution >= 0.6 is 23.2 Å². The average molecular weight is 571 g/mol. The van der Waals surface area contributed by atoms with Gasteiger partial charge in [-0.15, -0.1) is 0 Å². The third-order valence-electron chi connectivity index (χ3n) is 4.84. The van der Waals surface area contributed by atoms with Gasteiger partial charge in [-0.1, -0.05) is 41.9 Å². The number of ether oxygens (including phenoxy) is 3. The number of hydrazone groups is 1. The summed E-state index contributed by atoms with van der Waals surface area (Å²) in [6, 6.07) is 16.1. The lowest BCUT2D eigenvalue weighted by Crippen LogP contribution is -2.32. The minimum Gasteiger partial charge on any atom is -0.493 e. The van der Waals surface area contributed by atoms with Crippen molar-refractivity contribution >= 4 is 58.5 Å². The number of nitrogens with zero attached hydrogens (tertiary/aromatic N) is 1. The summed E-state index contributed by atoms with van der Waals surface area (Å²) in [5.41, 5.74) is 3.46. The number of carbonyl (C=O) groups excluding carboxylic acids is 3. The van der Waals surface area contributed by atoms with E-state index in [1.54, 1.807) is 66.7 Å². The normalized spacial score (nSPS) is 10.4. The van der Waals surface area contributed by atoms with Crippen LogP contribution in [0.3, 0.4) is 0 Å². The van der Waals surface area contributed by atoms with Crippen LogP contribution in [0.25, 0.3) is 0 Å². The molecule has 39 heavy (non-hydrogen) atoms. The van der Waals surface area contributed by atoms with Crippen molar-refractivity contribution in [3.63, 3.8) is 0 Å². The number of amides is 3. The summed E-state index contributed by atoms with van der Waals surface area (Å²) >= 11 is 12.0. The van der Waals surface area contributed by atoms with E-state index in [-0.39, 0.29) is 11.6 Å².